The van der Waals surface area contributed by atoms with E-state index in [0.29, 0.717) is 4.90 Å². The van der Waals surface area contributed by atoms with Crippen molar-refractivity contribution in [2.45, 2.75) is 12.6 Å². The lowest BCUT2D eigenvalue weighted by molar-refractivity contribution is -0.183. The maximum absolute atomic E-state index is 14.5. The predicted molar refractivity (Wildman–Crippen MR) is 120 cm³/mol. The van der Waals surface area contributed by atoms with E-state index in [1.54, 1.807) is 0 Å². The van der Waals surface area contributed by atoms with Gasteiger partial charge in [0, 0.05) is 47.6 Å². The summed E-state index contributed by atoms with van der Waals surface area (Å²) in [6.07, 6.45) is -4.11. The third kappa shape index (κ3) is 5.68. The van der Waals surface area contributed by atoms with Crippen molar-refractivity contribution in [3.05, 3.63) is 52.8 Å². The van der Waals surface area contributed by atoms with E-state index in [-0.39, 0.29) is 50.5 Å². The number of carbonyl (C=O) groups excluding carboxylic acids is 1. The Kier molecular flexibility index (Phi) is 7.51. The predicted octanol–water partition coefficient (Wildman–Crippen LogP) is 4.90. The summed E-state index contributed by atoms with van der Waals surface area (Å²) in [6, 6.07) is 4.92. The second-order valence-electron chi connectivity index (χ2n) is 7.10. The molecule has 1 amide bonds. The SMILES string of the molecule is COc1cc(F)ccc1-c1cc(N=C2CC(=S)C(CN(C)C(=O)C(F)(F)F)=C(Cl)N2)ncc1F. The molecular formula is C21H16ClF5N4O2S. The van der Waals surface area contributed by atoms with Gasteiger partial charge in [-0.3, -0.25) is 4.79 Å². The third-order valence-electron chi connectivity index (χ3n) is 4.71. The highest BCUT2D eigenvalue weighted by Gasteiger charge is 2.41. The molecule has 0 unspecified atom stereocenters. The highest BCUT2D eigenvalue weighted by atomic mass is 35.5. The van der Waals surface area contributed by atoms with E-state index in [1.807, 2.05) is 0 Å². The Hall–Kier alpha value is -3.12. The molecule has 0 bridgehead atoms. The summed E-state index contributed by atoms with van der Waals surface area (Å²) in [5.41, 5.74) is 0.466. The summed E-state index contributed by atoms with van der Waals surface area (Å²) in [6.45, 7) is -0.459. The number of hydrogen-bond donors (Lipinski definition) is 1. The van der Waals surface area contributed by atoms with Crippen LogP contribution in [0.15, 0.2) is 46.2 Å². The van der Waals surface area contributed by atoms with E-state index in [9.17, 15) is 26.7 Å². The number of nitrogens with zero attached hydrogens (tertiary/aromatic N) is 3. The van der Waals surface area contributed by atoms with Gasteiger partial charge in [-0.2, -0.15) is 13.2 Å². The molecular weight excluding hydrogens is 503 g/mol. The number of benzene rings is 1. The van der Waals surface area contributed by atoms with E-state index in [1.165, 1.54) is 19.2 Å². The summed E-state index contributed by atoms with van der Waals surface area (Å²) in [4.78, 5) is 20.2. The first-order valence-electron chi connectivity index (χ1n) is 9.49. The molecule has 1 aliphatic rings. The Labute approximate surface area is 201 Å². The van der Waals surface area contributed by atoms with Gasteiger partial charge in [-0.1, -0.05) is 23.8 Å². The average Bonchev–Trinajstić information content (AvgIpc) is 2.76. The fourth-order valence-corrected chi connectivity index (χ4v) is 3.74. The first-order valence-corrected chi connectivity index (χ1v) is 10.3. The van der Waals surface area contributed by atoms with Gasteiger partial charge in [0.2, 0.25) is 0 Å². The van der Waals surface area contributed by atoms with Gasteiger partial charge in [-0.05, 0) is 18.2 Å². The minimum Gasteiger partial charge on any atom is -0.496 e. The molecule has 34 heavy (non-hydrogen) atoms. The first-order chi connectivity index (χ1) is 15.9. The van der Waals surface area contributed by atoms with Gasteiger partial charge in [0.25, 0.3) is 0 Å². The van der Waals surface area contributed by atoms with E-state index in [4.69, 9.17) is 28.6 Å². The monoisotopic (exact) mass is 518 g/mol. The number of alkyl halides is 3. The lowest BCUT2D eigenvalue weighted by Crippen LogP contribution is -2.42. The van der Waals surface area contributed by atoms with Crippen LogP contribution in [0.3, 0.4) is 0 Å². The molecule has 180 valence electrons. The van der Waals surface area contributed by atoms with Crippen LogP contribution in [0.25, 0.3) is 11.1 Å². The molecule has 0 radical (unpaired) electrons. The fourth-order valence-electron chi connectivity index (χ4n) is 3.10. The molecule has 2 aromatic rings. The summed E-state index contributed by atoms with van der Waals surface area (Å²) in [7, 11) is 2.30. The summed E-state index contributed by atoms with van der Waals surface area (Å²) >= 11 is 11.4. The van der Waals surface area contributed by atoms with Crippen LogP contribution >= 0.6 is 23.8 Å². The van der Waals surface area contributed by atoms with E-state index in [0.717, 1.165) is 25.4 Å². The zero-order chi connectivity index (χ0) is 25.2. The number of hydrogen-bond acceptors (Lipinski definition) is 5. The normalized spacial score (nSPS) is 15.4. The topological polar surface area (TPSA) is 66.8 Å². The largest absolute Gasteiger partial charge is 0.496 e. The number of likely N-dealkylation sites (N-methyl/N-ethyl adjacent to an activating group) is 1. The average molecular weight is 519 g/mol. The fraction of sp³-hybridized carbons (Fsp3) is 0.238. The number of nitrogens with one attached hydrogen (secondary N) is 1. The Balaban J connectivity index is 1.88. The van der Waals surface area contributed by atoms with E-state index in [2.05, 4.69) is 15.3 Å². The van der Waals surface area contributed by atoms with Crippen LogP contribution in [-0.4, -0.2) is 53.4 Å². The Morgan fingerprint density at radius 2 is 2.00 bits per heavy atom. The van der Waals surface area contributed by atoms with Gasteiger partial charge in [-0.15, -0.1) is 0 Å². The molecule has 3 rings (SSSR count). The number of halogens is 6. The van der Waals surface area contributed by atoms with Gasteiger partial charge in [0.15, 0.2) is 5.82 Å². The quantitative estimate of drug-likeness (QED) is 0.346. The Morgan fingerprint density at radius 3 is 2.62 bits per heavy atom. The number of aromatic nitrogens is 1. The lowest BCUT2D eigenvalue weighted by atomic mass is 10.0. The zero-order valence-corrected chi connectivity index (χ0v) is 19.2. The molecule has 0 spiro atoms. The van der Waals surface area contributed by atoms with Crippen molar-refractivity contribution in [3.8, 4) is 16.9 Å². The highest BCUT2D eigenvalue weighted by molar-refractivity contribution is 7.81. The molecule has 1 aromatic carbocycles. The Morgan fingerprint density at radius 1 is 1.29 bits per heavy atom. The lowest BCUT2D eigenvalue weighted by Gasteiger charge is -2.25. The number of methoxy groups -OCH3 is 1. The first kappa shape index (κ1) is 25.5. The van der Waals surface area contributed by atoms with Crippen LogP contribution in [0, 0.1) is 11.6 Å². The van der Waals surface area contributed by atoms with Crippen molar-refractivity contribution < 1.29 is 31.5 Å². The van der Waals surface area contributed by atoms with E-state index < -0.39 is 30.3 Å². The van der Waals surface area contributed by atoms with Gasteiger partial charge in [0.05, 0.1) is 13.3 Å². The van der Waals surface area contributed by atoms with Crippen LogP contribution in [0.5, 0.6) is 5.75 Å². The van der Waals surface area contributed by atoms with Crippen molar-refractivity contribution in [2.24, 2.45) is 4.99 Å². The molecule has 6 nitrogen and oxygen atoms in total. The van der Waals surface area contributed by atoms with Crippen molar-refractivity contribution in [2.75, 3.05) is 20.7 Å². The number of ether oxygens (including phenoxy) is 1. The molecule has 2 heterocycles. The molecule has 13 heteroatoms. The highest BCUT2D eigenvalue weighted by Crippen LogP contribution is 2.34. The number of carbonyl (C=O) groups is 1. The number of amidine groups is 1. The molecule has 1 aliphatic heterocycles. The standard InChI is InChI=1S/C21H16ClF5N4O2S/c1-31(20(32)21(25,26)27)9-13-16(34)7-18(30-19(13)22)29-17-6-12(14(24)8-28-17)11-4-3-10(23)5-15(11)33-2/h3-6,8H,7,9H2,1-2H3,(H,28,29,30). The minimum absolute atomic E-state index is 0.0107. The van der Waals surface area contributed by atoms with Crippen LogP contribution in [-0.2, 0) is 4.79 Å². The second-order valence-corrected chi connectivity index (χ2v) is 7.97. The smallest absolute Gasteiger partial charge is 0.471 e. The van der Waals surface area contributed by atoms with Gasteiger partial charge in [0.1, 0.15) is 28.4 Å². The molecule has 0 atom stereocenters. The maximum atomic E-state index is 14.5. The molecule has 0 aliphatic carbocycles. The summed E-state index contributed by atoms with van der Waals surface area (Å²) in [5.74, 6) is -2.92. The molecule has 0 saturated carbocycles. The molecule has 0 fully saturated rings. The van der Waals surface area contributed by atoms with Gasteiger partial charge >= 0.3 is 12.1 Å². The van der Waals surface area contributed by atoms with Crippen molar-refractivity contribution in [1.82, 2.24) is 15.2 Å². The second kappa shape index (κ2) is 10.0. The number of thiocarbonyl (C=S) groups is 1. The van der Waals surface area contributed by atoms with Crippen LogP contribution in [0.4, 0.5) is 27.8 Å². The number of aliphatic imine (C=N–C) groups is 1. The maximum Gasteiger partial charge on any atom is 0.471 e. The van der Waals surface area contributed by atoms with Crippen LogP contribution in [0.1, 0.15) is 6.42 Å². The van der Waals surface area contributed by atoms with E-state index >= 15 is 0 Å². The van der Waals surface area contributed by atoms with Crippen molar-refractivity contribution in [3.63, 3.8) is 0 Å². The Bertz CT molecular complexity index is 1220. The summed E-state index contributed by atoms with van der Waals surface area (Å²) < 4.78 is 71.0. The van der Waals surface area contributed by atoms with Crippen molar-refractivity contribution in [1.29, 1.82) is 0 Å². The van der Waals surface area contributed by atoms with Crippen LogP contribution < -0.4 is 10.1 Å². The van der Waals surface area contributed by atoms with Crippen molar-refractivity contribution >= 4 is 46.2 Å². The number of amides is 1. The number of rotatable bonds is 5. The summed E-state index contributed by atoms with van der Waals surface area (Å²) in [5, 5.41) is 2.61. The zero-order valence-electron chi connectivity index (χ0n) is 17.6. The van der Waals surface area contributed by atoms with Gasteiger partial charge < -0.3 is 15.0 Å². The van der Waals surface area contributed by atoms with Gasteiger partial charge in [-0.25, -0.2) is 18.8 Å². The molecule has 1 N–H and O–H groups in total. The molecule has 1 aromatic heterocycles. The molecule has 0 saturated heterocycles. The third-order valence-corrected chi connectivity index (χ3v) is 5.43. The minimum atomic E-state index is -5.03. The number of pyridine rings is 1. The van der Waals surface area contributed by atoms with Crippen LogP contribution in [0.2, 0.25) is 0 Å².